The summed E-state index contributed by atoms with van der Waals surface area (Å²) in [6.07, 6.45) is 0.459. The van der Waals surface area contributed by atoms with Gasteiger partial charge in [-0.1, -0.05) is 12.1 Å². The Bertz CT molecular complexity index is 889. The minimum Gasteiger partial charge on any atom is -0.490 e. The highest BCUT2D eigenvalue weighted by Gasteiger charge is 2.50. The average molecular weight is 360 g/mol. The zero-order valence-corrected chi connectivity index (χ0v) is 14.4. The van der Waals surface area contributed by atoms with Gasteiger partial charge in [0.1, 0.15) is 0 Å². The molecule has 1 saturated heterocycles. The molecule has 0 aromatic heterocycles. The van der Waals surface area contributed by atoms with E-state index in [9.17, 15) is 13.6 Å². The lowest BCUT2D eigenvalue weighted by molar-refractivity contribution is 0.0343. The second-order valence-corrected chi connectivity index (χ2v) is 6.52. The maximum Gasteiger partial charge on any atom is 0.325 e. The summed E-state index contributed by atoms with van der Waals surface area (Å²) in [5, 5.41) is 2.92. The molecule has 0 radical (unpaired) electrons. The van der Waals surface area contributed by atoms with E-state index in [4.69, 9.17) is 9.47 Å². The number of nitrogens with one attached hydrogen (secondary N) is 1. The second kappa shape index (κ2) is 5.86. The predicted molar refractivity (Wildman–Crippen MR) is 91.4 cm³/mol. The lowest BCUT2D eigenvalue weighted by Gasteiger charge is -2.50. The molecule has 0 unspecified atom stereocenters. The van der Waals surface area contributed by atoms with Gasteiger partial charge in [-0.25, -0.2) is 13.6 Å². The van der Waals surface area contributed by atoms with Crippen LogP contribution >= 0.6 is 0 Å². The molecule has 1 N–H and O–H groups in total. The van der Waals surface area contributed by atoms with Gasteiger partial charge >= 0.3 is 6.03 Å². The quantitative estimate of drug-likeness (QED) is 0.895. The number of benzene rings is 2. The van der Waals surface area contributed by atoms with Crippen molar-refractivity contribution in [2.45, 2.75) is 32.0 Å². The Labute approximate surface area is 149 Å². The molecule has 136 valence electrons. The van der Waals surface area contributed by atoms with Gasteiger partial charge in [-0.15, -0.1) is 0 Å². The minimum atomic E-state index is -1.06. The number of carbonyl (C=O) groups excluding carboxylic acids is 1. The molecular weight excluding hydrogens is 342 g/mol. The van der Waals surface area contributed by atoms with Crippen LogP contribution < -0.4 is 19.7 Å². The van der Waals surface area contributed by atoms with Crippen LogP contribution in [0, 0.1) is 11.6 Å². The van der Waals surface area contributed by atoms with Gasteiger partial charge in [0, 0.05) is 18.1 Å². The number of fused-ring (bicyclic) bond motifs is 4. The average Bonchev–Trinajstić information content (AvgIpc) is 2.58. The Balaban J connectivity index is 1.80. The largest absolute Gasteiger partial charge is 0.490 e. The van der Waals surface area contributed by atoms with Gasteiger partial charge in [-0.05, 0) is 32.0 Å². The van der Waals surface area contributed by atoms with E-state index in [-0.39, 0.29) is 11.7 Å². The number of carbonyl (C=O) groups is 1. The van der Waals surface area contributed by atoms with E-state index >= 15 is 0 Å². The maximum atomic E-state index is 13.7. The maximum absolute atomic E-state index is 13.7. The second-order valence-electron chi connectivity index (χ2n) is 6.52. The summed E-state index contributed by atoms with van der Waals surface area (Å²) in [5.41, 5.74) is 0.00342. The first-order chi connectivity index (χ1) is 12.4. The van der Waals surface area contributed by atoms with E-state index in [2.05, 4.69) is 5.32 Å². The van der Waals surface area contributed by atoms with E-state index in [1.165, 1.54) is 11.0 Å². The first-order valence-corrected chi connectivity index (χ1v) is 8.43. The number of anilines is 1. The van der Waals surface area contributed by atoms with E-state index < -0.39 is 23.4 Å². The molecular formula is C19H18F2N2O3. The van der Waals surface area contributed by atoms with Gasteiger partial charge < -0.3 is 14.8 Å². The van der Waals surface area contributed by atoms with Crippen LogP contribution in [0.15, 0.2) is 36.4 Å². The van der Waals surface area contributed by atoms with E-state index in [1.807, 2.05) is 19.1 Å². The van der Waals surface area contributed by atoms with Crippen LogP contribution in [0.1, 0.15) is 31.9 Å². The number of hydrogen-bond acceptors (Lipinski definition) is 3. The van der Waals surface area contributed by atoms with E-state index in [1.54, 1.807) is 13.0 Å². The first-order valence-electron chi connectivity index (χ1n) is 8.43. The van der Waals surface area contributed by atoms with E-state index in [0.29, 0.717) is 24.5 Å². The molecule has 2 amide bonds. The fraction of sp³-hybridized carbons (Fsp3) is 0.316. The summed E-state index contributed by atoms with van der Waals surface area (Å²) in [4.78, 5) is 14.0. The third-order valence-electron chi connectivity index (χ3n) is 4.72. The molecule has 0 aliphatic carbocycles. The minimum absolute atomic E-state index is 0.222. The van der Waals surface area contributed by atoms with Crippen molar-refractivity contribution in [3.63, 3.8) is 0 Å². The lowest BCUT2D eigenvalue weighted by atomic mass is 9.90. The summed E-state index contributed by atoms with van der Waals surface area (Å²) < 4.78 is 38.9. The highest BCUT2D eigenvalue weighted by Crippen LogP contribution is 2.49. The monoisotopic (exact) mass is 360 g/mol. The molecule has 2 aliphatic heterocycles. The molecule has 5 nitrogen and oxygen atoms in total. The number of amides is 2. The van der Waals surface area contributed by atoms with Crippen molar-refractivity contribution < 1.29 is 23.0 Å². The summed E-state index contributed by atoms with van der Waals surface area (Å²) in [6.45, 7) is 4.10. The molecule has 4 rings (SSSR count). The zero-order valence-electron chi connectivity index (χ0n) is 14.4. The van der Waals surface area contributed by atoms with Gasteiger partial charge in [0.2, 0.25) is 0 Å². The van der Waals surface area contributed by atoms with Gasteiger partial charge in [0.15, 0.2) is 28.9 Å². The number of rotatable bonds is 3. The third kappa shape index (κ3) is 2.46. The molecule has 2 aromatic carbocycles. The Morgan fingerprint density at radius 2 is 2.12 bits per heavy atom. The molecule has 7 heteroatoms. The lowest BCUT2D eigenvalue weighted by Crippen LogP contribution is -2.65. The third-order valence-corrected chi connectivity index (χ3v) is 4.72. The number of hydrogen-bond donors (Lipinski definition) is 1. The molecule has 0 saturated carbocycles. The van der Waals surface area contributed by atoms with Gasteiger partial charge in [0.05, 0.1) is 18.3 Å². The van der Waals surface area contributed by atoms with Crippen molar-refractivity contribution in [3.05, 3.63) is 53.6 Å². The van der Waals surface area contributed by atoms with Crippen LogP contribution in [0.5, 0.6) is 11.5 Å². The normalized spacial score (nSPS) is 23.8. The molecule has 2 bridgehead atoms. The van der Waals surface area contributed by atoms with Crippen molar-refractivity contribution in [1.82, 2.24) is 5.32 Å². The Hall–Kier alpha value is -2.83. The fourth-order valence-electron chi connectivity index (χ4n) is 3.64. The molecule has 1 fully saturated rings. The van der Waals surface area contributed by atoms with Crippen molar-refractivity contribution in [1.29, 1.82) is 0 Å². The van der Waals surface area contributed by atoms with Crippen LogP contribution in [-0.4, -0.2) is 18.4 Å². The zero-order chi connectivity index (χ0) is 18.5. The number of halogens is 2. The number of para-hydroxylation sites is 1. The van der Waals surface area contributed by atoms with Crippen LogP contribution in [-0.2, 0) is 0 Å². The van der Waals surface area contributed by atoms with Crippen LogP contribution in [0.3, 0.4) is 0 Å². The van der Waals surface area contributed by atoms with Crippen molar-refractivity contribution in [2.75, 3.05) is 11.5 Å². The van der Waals surface area contributed by atoms with Crippen molar-refractivity contribution >= 4 is 11.7 Å². The molecule has 26 heavy (non-hydrogen) atoms. The Kier molecular flexibility index (Phi) is 3.75. The SMILES string of the molecule is CCOc1cccc2c1O[C@@]1(C)C[C@H]2NC(=O)N1c1ccc(F)c(F)c1. The van der Waals surface area contributed by atoms with Crippen LogP contribution in [0.4, 0.5) is 19.3 Å². The van der Waals surface area contributed by atoms with E-state index in [0.717, 1.165) is 17.7 Å². The molecule has 2 heterocycles. The van der Waals surface area contributed by atoms with Gasteiger partial charge in [-0.2, -0.15) is 0 Å². The summed E-state index contributed by atoms with van der Waals surface area (Å²) in [6, 6.07) is 8.21. The topological polar surface area (TPSA) is 50.8 Å². The smallest absolute Gasteiger partial charge is 0.325 e. The highest BCUT2D eigenvalue weighted by atomic mass is 19.2. The molecule has 0 spiro atoms. The molecule has 2 aliphatic rings. The first kappa shape index (κ1) is 16.6. The van der Waals surface area contributed by atoms with Gasteiger partial charge in [0.25, 0.3) is 0 Å². The fourth-order valence-corrected chi connectivity index (χ4v) is 3.64. The van der Waals surface area contributed by atoms with Crippen LogP contribution in [0.2, 0.25) is 0 Å². The summed E-state index contributed by atoms with van der Waals surface area (Å²) >= 11 is 0. The van der Waals surface area contributed by atoms with Gasteiger partial charge in [-0.3, -0.25) is 4.90 Å². The van der Waals surface area contributed by atoms with Crippen molar-refractivity contribution in [2.24, 2.45) is 0 Å². The van der Waals surface area contributed by atoms with Crippen molar-refractivity contribution in [3.8, 4) is 11.5 Å². The summed E-state index contributed by atoms with van der Waals surface area (Å²) in [7, 11) is 0. The number of urea groups is 1. The molecule has 2 atom stereocenters. The predicted octanol–water partition coefficient (Wildman–Crippen LogP) is 4.13. The highest BCUT2D eigenvalue weighted by molar-refractivity contribution is 5.95. The standard InChI is InChI=1S/C19H18F2N2O3/c1-3-25-16-6-4-5-12-15-10-19(2,26-17(12)16)23(18(24)22-15)11-7-8-13(20)14(21)9-11/h4-9,15H,3,10H2,1-2H3,(H,22,24)/t15-,19+/m1/s1. The van der Waals surface area contributed by atoms with Crippen LogP contribution in [0.25, 0.3) is 0 Å². The molecule has 2 aromatic rings. The Morgan fingerprint density at radius 3 is 2.85 bits per heavy atom. The summed E-state index contributed by atoms with van der Waals surface area (Å²) in [5.74, 6) is -0.849. The number of nitrogens with zero attached hydrogens (tertiary/aromatic N) is 1. The number of ether oxygens (including phenoxy) is 2. The Morgan fingerprint density at radius 1 is 1.31 bits per heavy atom.